The number of anilines is 1. The molecule has 0 bridgehead atoms. The largest absolute Gasteiger partial charge is 0.327 e. The lowest BCUT2D eigenvalue weighted by molar-refractivity contribution is 0.223. The Morgan fingerprint density at radius 3 is 2.30 bits per heavy atom. The fraction of sp³-hybridized carbons (Fsp3) is 0.368. The van der Waals surface area contributed by atoms with E-state index in [9.17, 15) is 13.2 Å². The first kappa shape index (κ1) is 20.9. The van der Waals surface area contributed by atoms with Gasteiger partial charge in [-0.05, 0) is 36.4 Å². The number of amides is 2. The van der Waals surface area contributed by atoms with Crippen LogP contribution in [0.2, 0.25) is 0 Å². The van der Waals surface area contributed by atoms with E-state index in [0.717, 1.165) is 5.69 Å². The molecule has 2 rings (SSSR count). The number of pyridine rings is 1. The highest BCUT2D eigenvalue weighted by molar-refractivity contribution is 7.89. The Labute approximate surface area is 161 Å². The van der Waals surface area contributed by atoms with Gasteiger partial charge in [0.1, 0.15) is 0 Å². The first-order valence-electron chi connectivity index (χ1n) is 8.90. The molecule has 2 amide bonds. The van der Waals surface area contributed by atoms with E-state index in [1.807, 2.05) is 18.2 Å². The normalized spacial score (nSPS) is 11.4. The third-order valence-corrected chi connectivity index (χ3v) is 6.29. The second-order valence-electron chi connectivity index (χ2n) is 6.04. The van der Waals surface area contributed by atoms with Crippen molar-refractivity contribution in [2.24, 2.45) is 0 Å². The maximum Gasteiger partial charge on any atom is 0.321 e. The Morgan fingerprint density at radius 2 is 1.74 bits per heavy atom. The van der Waals surface area contributed by atoms with E-state index in [1.54, 1.807) is 44.1 Å². The van der Waals surface area contributed by atoms with Gasteiger partial charge in [0, 0.05) is 50.7 Å². The van der Waals surface area contributed by atoms with Crippen molar-refractivity contribution in [2.45, 2.75) is 25.2 Å². The SMILES string of the molecule is CCN(CC)S(=O)(=O)c1ccc(NC(=O)N(C)CCc2ccccn2)cc1. The number of nitrogens with zero attached hydrogens (tertiary/aromatic N) is 3. The molecule has 0 saturated heterocycles. The van der Waals surface area contributed by atoms with Gasteiger partial charge < -0.3 is 10.2 Å². The van der Waals surface area contributed by atoms with Crippen molar-refractivity contribution >= 4 is 21.7 Å². The number of carbonyl (C=O) groups is 1. The highest BCUT2D eigenvalue weighted by atomic mass is 32.2. The lowest BCUT2D eigenvalue weighted by atomic mass is 10.2. The van der Waals surface area contributed by atoms with Crippen LogP contribution in [0.3, 0.4) is 0 Å². The number of nitrogens with one attached hydrogen (secondary N) is 1. The quantitative estimate of drug-likeness (QED) is 0.751. The minimum atomic E-state index is -3.50. The van der Waals surface area contributed by atoms with Crippen LogP contribution in [-0.2, 0) is 16.4 Å². The lowest BCUT2D eigenvalue weighted by Crippen LogP contribution is -2.33. The highest BCUT2D eigenvalue weighted by Gasteiger charge is 2.21. The van der Waals surface area contributed by atoms with Crippen LogP contribution in [0.1, 0.15) is 19.5 Å². The maximum atomic E-state index is 12.5. The molecule has 0 atom stereocenters. The average molecular weight is 391 g/mol. The van der Waals surface area contributed by atoms with Gasteiger partial charge in [0.05, 0.1) is 4.90 Å². The van der Waals surface area contributed by atoms with E-state index in [0.29, 0.717) is 31.7 Å². The summed E-state index contributed by atoms with van der Waals surface area (Å²) in [7, 11) is -1.79. The summed E-state index contributed by atoms with van der Waals surface area (Å²) >= 11 is 0. The van der Waals surface area contributed by atoms with Gasteiger partial charge in [0.15, 0.2) is 0 Å². The van der Waals surface area contributed by atoms with Crippen molar-refractivity contribution in [3.05, 3.63) is 54.4 Å². The molecule has 0 fully saturated rings. The molecular formula is C19H26N4O3S. The molecular weight excluding hydrogens is 364 g/mol. The van der Waals surface area contributed by atoms with Gasteiger partial charge in [0.2, 0.25) is 10.0 Å². The summed E-state index contributed by atoms with van der Waals surface area (Å²) in [4.78, 5) is 18.3. The number of hydrogen-bond donors (Lipinski definition) is 1. The van der Waals surface area contributed by atoms with Gasteiger partial charge in [-0.25, -0.2) is 13.2 Å². The van der Waals surface area contributed by atoms with E-state index >= 15 is 0 Å². The molecule has 1 N–H and O–H groups in total. The first-order valence-corrected chi connectivity index (χ1v) is 10.3. The summed E-state index contributed by atoms with van der Waals surface area (Å²) in [5.41, 5.74) is 1.46. The van der Waals surface area contributed by atoms with Crippen molar-refractivity contribution < 1.29 is 13.2 Å². The molecule has 7 nitrogen and oxygen atoms in total. The zero-order valence-corrected chi connectivity index (χ0v) is 16.7. The topological polar surface area (TPSA) is 82.6 Å². The van der Waals surface area contributed by atoms with Gasteiger partial charge in [-0.2, -0.15) is 4.31 Å². The van der Waals surface area contributed by atoms with Gasteiger partial charge in [-0.15, -0.1) is 0 Å². The molecule has 1 aromatic heterocycles. The van der Waals surface area contributed by atoms with E-state index < -0.39 is 10.0 Å². The predicted octanol–water partition coefficient (Wildman–Crippen LogP) is 2.82. The van der Waals surface area contributed by atoms with Crippen LogP contribution in [-0.4, -0.2) is 55.3 Å². The van der Waals surface area contributed by atoms with Crippen molar-refractivity contribution in [3.63, 3.8) is 0 Å². The van der Waals surface area contributed by atoms with E-state index in [-0.39, 0.29) is 10.9 Å². The lowest BCUT2D eigenvalue weighted by Gasteiger charge is -2.19. The van der Waals surface area contributed by atoms with Crippen LogP contribution in [0.5, 0.6) is 0 Å². The molecule has 1 heterocycles. The average Bonchev–Trinajstić information content (AvgIpc) is 2.68. The summed E-state index contributed by atoms with van der Waals surface area (Å²) in [5.74, 6) is 0. The zero-order chi connectivity index (χ0) is 19.9. The van der Waals surface area contributed by atoms with Crippen LogP contribution < -0.4 is 5.32 Å². The summed E-state index contributed by atoms with van der Waals surface area (Å²) < 4.78 is 26.4. The smallest absolute Gasteiger partial charge is 0.321 e. The molecule has 146 valence electrons. The van der Waals surface area contributed by atoms with Crippen LogP contribution >= 0.6 is 0 Å². The van der Waals surface area contributed by atoms with Gasteiger partial charge in [-0.3, -0.25) is 4.98 Å². The van der Waals surface area contributed by atoms with Crippen LogP contribution in [0.15, 0.2) is 53.6 Å². The van der Waals surface area contributed by atoms with Crippen molar-refractivity contribution in [1.29, 1.82) is 0 Å². The summed E-state index contributed by atoms with van der Waals surface area (Å²) in [6, 6.07) is 11.6. The molecule has 0 aliphatic carbocycles. The molecule has 8 heteroatoms. The number of carbonyl (C=O) groups excluding carboxylic acids is 1. The Hall–Kier alpha value is -2.45. The predicted molar refractivity (Wildman–Crippen MR) is 106 cm³/mol. The Morgan fingerprint density at radius 1 is 1.07 bits per heavy atom. The highest BCUT2D eigenvalue weighted by Crippen LogP contribution is 2.18. The Kier molecular flexibility index (Phi) is 7.32. The van der Waals surface area contributed by atoms with E-state index in [2.05, 4.69) is 10.3 Å². The second-order valence-corrected chi connectivity index (χ2v) is 7.97. The molecule has 0 unspecified atom stereocenters. The molecule has 0 saturated carbocycles. The molecule has 0 aliphatic rings. The number of likely N-dealkylation sites (N-methyl/N-ethyl adjacent to an activating group) is 1. The molecule has 27 heavy (non-hydrogen) atoms. The van der Waals surface area contributed by atoms with Crippen molar-refractivity contribution in [1.82, 2.24) is 14.2 Å². The molecule has 0 radical (unpaired) electrons. The van der Waals surface area contributed by atoms with Gasteiger partial charge in [-0.1, -0.05) is 19.9 Å². The Balaban J connectivity index is 1.96. The number of urea groups is 1. The van der Waals surface area contributed by atoms with E-state index in [1.165, 1.54) is 16.4 Å². The fourth-order valence-electron chi connectivity index (χ4n) is 2.57. The van der Waals surface area contributed by atoms with Crippen LogP contribution in [0, 0.1) is 0 Å². The van der Waals surface area contributed by atoms with Gasteiger partial charge >= 0.3 is 6.03 Å². The molecule has 1 aromatic carbocycles. The monoisotopic (exact) mass is 390 g/mol. The summed E-state index contributed by atoms with van der Waals surface area (Å²) in [6.45, 7) is 4.96. The molecule has 2 aromatic rings. The maximum absolute atomic E-state index is 12.5. The Bertz CT molecular complexity index is 835. The molecule has 0 aliphatic heterocycles. The number of aromatic nitrogens is 1. The van der Waals surface area contributed by atoms with Crippen LogP contribution in [0.4, 0.5) is 10.5 Å². The van der Waals surface area contributed by atoms with Crippen molar-refractivity contribution in [3.8, 4) is 0 Å². The minimum Gasteiger partial charge on any atom is -0.327 e. The standard InChI is InChI=1S/C19H26N4O3S/c1-4-23(5-2)27(25,26)18-11-9-17(10-12-18)21-19(24)22(3)15-13-16-8-6-7-14-20-16/h6-12,14H,4-5,13,15H2,1-3H3,(H,21,24). The van der Waals surface area contributed by atoms with Crippen molar-refractivity contribution in [2.75, 3.05) is 32.0 Å². The summed E-state index contributed by atoms with van der Waals surface area (Å²) in [5, 5.41) is 2.77. The van der Waals surface area contributed by atoms with Crippen LogP contribution in [0.25, 0.3) is 0 Å². The van der Waals surface area contributed by atoms with E-state index in [4.69, 9.17) is 0 Å². The van der Waals surface area contributed by atoms with Gasteiger partial charge in [0.25, 0.3) is 0 Å². The zero-order valence-electron chi connectivity index (χ0n) is 15.9. The first-order chi connectivity index (χ1) is 12.9. The minimum absolute atomic E-state index is 0.215. The number of rotatable bonds is 8. The third kappa shape index (κ3) is 5.51. The number of hydrogen-bond acceptors (Lipinski definition) is 4. The number of benzene rings is 1. The molecule has 0 spiro atoms. The second kappa shape index (κ2) is 9.48. The third-order valence-electron chi connectivity index (χ3n) is 4.22. The number of sulfonamides is 1. The summed E-state index contributed by atoms with van der Waals surface area (Å²) in [6.07, 6.45) is 2.38. The fourth-order valence-corrected chi connectivity index (χ4v) is 4.03.